The van der Waals surface area contributed by atoms with Crippen LogP contribution in [0.1, 0.15) is 15.9 Å². The van der Waals surface area contributed by atoms with E-state index in [4.69, 9.17) is 11.6 Å². The van der Waals surface area contributed by atoms with Crippen LogP contribution in [0.5, 0.6) is 0 Å². The van der Waals surface area contributed by atoms with E-state index in [1.807, 2.05) is 6.07 Å². The number of nitrogens with one attached hydrogen (secondary N) is 1. The largest absolute Gasteiger partial charge is 0.417 e. The topological polar surface area (TPSA) is 67.8 Å². The number of amides is 1. The number of halogens is 4. The van der Waals surface area contributed by atoms with Gasteiger partial charge in [0.15, 0.2) is 4.34 Å². The molecule has 0 saturated carbocycles. The van der Waals surface area contributed by atoms with Gasteiger partial charge in [0.2, 0.25) is 5.13 Å². The summed E-state index contributed by atoms with van der Waals surface area (Å²) in [5, 5.41) is 11.8. The van der Waals surface area contributed by atoms with Crippen molar-refractivity contribution < 1.29 is 18.0 Å². The fourth-order valence-electron chi connectivity index (χ4n) is 2.67. The van der Waals surface area contributed by atoms with Crippen LogP contribution in [0.25, 0.3) is 10.9 Å². The summed E-state index contributed by atoms with van der Waals surface area (Å²) >= 11 is 8.36. The molecule has 4 rings (SSSR count). The Morgan fingerprint density at radius 1 is 1.10 bits per heavy atom. The van der Waals surface area contributed by atoms with Gasteiger partial charge < -0.3 is 0 Å². The Morgan fingerprint density at radius 3 is 2.70 bits per heavy atom. The number of rotatable bonds is 4. The molecule has 2 aromatic carbocycles. The van der Waals surface area contributed by atoms with Crippen LogP contribution in [0.3, 0.4) is 0 Å². The van der Waals surface area contributed by atoms with Crippen molar-refractivity contribution in [1.29, 1.82) is 0 Å². The normalized spacial score (nSPS) is 11.6. The number of carbonyl (C=O) groups is 1. The summed E-state index contributed by atoms with van der Waals surface area (Å²) in [5.41, 5.74) is -0.774. The van der Waals surface area contributed by atoms with Gasteiger partial charge in [0.1, 0.15) is 0 Å². The van der Waals surface area contributed by atoms with E-state index in [1.54, 1.807) is 24.4 Å². The predicted molar refractivity (Wildman–Crippen MR) is 110 cm³/mol. The molecule has 1 N–H and O–H groups in total. The van der Waals surface area contributed by atoms with E-state index >= 15 is 0 Å². The lowest BCUT2D eigenvalue weighted by Crippen LogP contribution is -2.18. The minimum atomic E-state index is -4.64. The van der Waals surface area contributed by atoms with Gasteiger partial charge in [0.05, 0.1) is 16.6 Å². The van der Waals surface area contributed by atoms with Crippen molar-refractivity contribution in [1.82, 2.24) is 15.2 Å². The van der Waals surface area contributed by atoms with Crippen LogP contribution in [0.4, 0.5) is 18.3 Å². The standard InChI is InChI=1S/C19H10ClF3N4OS2/c20-10-5-6-12-14(9-10)24-8-7-15(12)29-18-27-26-17(30-18)25-16(28)11-3-1-2-4-13(11)19(21,22)23/h1-9H,(H,25,26,28). The third-order valence-corrected chi connectivity index (χ3v) is 6.17. The molecule has 0 radical (unpaired) electrons. The van der Waals surface area contributed by atoms with Crippen molar-refractivity contribution in [3.05, 3.63) is 70.9 Å². The van der Waals surface area contributed by atoms with Gasteiger partial charge in [-0.3, -0.25) is 15.1 Å². The highest BCUT2D eigenvalue weighted by atomic mass is 35.5. The molecule has 30 heavy (non-hydrogen) atoms. The zero-order chi connectivity index (χ0) is 21.3. The van der Waals surface area contributed by atoms with E-state index in [9.17, 15) is 18.0 Å². The molecule has 0 aliphatic rings. The lowest BCUT2D eigenvalue weighted by molar-refractivity contribution is -0.137. The average Bonchev–Trinajstić information content (AvgIpc) is 3.14. The zero-order valence-electron chi connectivity index (χ0n) is 14.8. The molecular formula is C19H10ClF3N4OS2. The van der Waals surface area contributed by atoms with Crippen LogP contribution in [-0.4, -0.2) is 21.1 Å². The number of aromatic nitrogens is 3. The minimum absolute atomic E-state index is 0.0980. The molecular weight excluding hydrogens is 457 g/mol. The SMILES string of the molecule is O=C(Nc1nnc(Sc2ccnc3cc(Cl)ccc23)s1)c1ccccc1C(F)(F)F. The maximum Gasteiger partial charge on any atom is 0.417 e. The molecule has 5 nitrogen and oxygen atoms in total. The first-order valence-corrected chi connectivity index (χ1v) is 10.4. The number of benzene rings is 2. The Kier molecular flexibility index (Phi) is 5.63. The number of anilines is 1. The van der Waals surface area contributed by atoms with Crippen molar-refractivity contribution in [2.45, 2.75) is 15.4 Å². The highest BCUT2D eigenvalue weighted by Crippen LogP contribution is 2.37. The van der Waals surface area contributed by atoms with Crippen LogP contribution in [0.15, 0.2) is 64.0 Å². The summed E-state index contributed by atoms with van der Waals surface area (Å²) in [6.45, 7) is 0. The van der Waals surface area contributed by atoms with E-state index in [0.717, 1.165) is 33.8 Å². The van der Waals surface area contributed by atoms with E-state index in [2.05, 4.69) is 20.5 Å². The molecule has 0 aliphatic carbocycles. The fraction of sp³-hybridized carbons (Fsp3) is 0.0526. The molecule has 0 atom stereocenters. The second-order valence-electron chi connectivity index (χ2n) is 5.94. The molecule has 0 bridgehead atoms. The fourth-order valence-corrected chi connectivity index (χ4v) is 4.67. The van der Waals surface area contributed by atoms with E-state index in [-0.39, 0.29) is 5.13 Å². The third kappa shape index (κ3) is 4.40. The first-order valence-electron chi connectivity index (χ1n) is 8.34. The second-order valence-corrected chi connectivity index (χ2v) is 8.65. The van der Waals surface area contributed by atoms with Crippen LogP contribution >= 0.6 is 34.7 Å². The molecule has 0 saturated heterocycles. The van der Waals surface area contributed by atoms with Gasteiger partial charge in [-0.05, 0) is 30.3 Å². The van der Waals surface area contributed by atoms with Crippen molar-refractivity contribution in [2.75, 3.05) is 5.32 Å². The number of pyridine rings is 1. The van der Waals surface area contributed by atoms with Gasteiger partial charge in [-0.15, -0.1) is 10.2 Å². The van der Waals surface area contributed by atoms with Crippen molar-refractivity contribution >= 4 is 56.6 Å². The number of carbonyl (C=O) groups excluding carboxylic acids is 1. The first-order chi connectivity index (χ1) is 14.3. The molecule has 0 aliphatic heterocycles. The minimum Gasteiger partial charge on any atom is -0.296 e. The van der Waals surface area contributed by atoms with Gasteiger partial charge in [-0.2, -0.15) is 13.2 Å². The smallest absolute Gasteiger partial charge is 0.296 e. The van der Waals surface area contributed by atoms with Gasteiger partial charge >= 0.3 is 6.18 Å². The lowest BCUT2D eigenvalue weighted by atomic mass is 10.1. The summed E-state index contributed by atoms with van der Waals surface area (Å²) in [5.74, 6) is -0.903. The molecule has 2 aromatic heterocycles. The first kappa shape index (κ1) is 20.6. The molecule has 0 fully saturated rings. The number of alkyl halides is 3. The van der Waals surface area contributed by atoms with Gasteiger partial charge in [-0.1, -0.05) is 52.9 Å². The summed E-state index contributed by atoms with van der Waals surface area (Å²) in [6, 6.07) is 11.7. The lowest BCUT2D eigenvalue weighted by Gasteiger charge is -2.11. The summed E-state index contributed by atoms with van der Waals surface area (Å²) in [7, 11) is 0. The maximum absolute atomic E-state index is 13.1. The molecule has 4 aromatic rings. The highest BCUT2D eigenvalue weighted by Gasteiger charge is 2.35. The number of hydrogen-bond acceptors (Lipinski definition) is 6. The number of fused-ring (bicyclic) bond motifs is 1. The summed E-state index contributed by atoms with van der Waals surface area (Å²) < 4.78 is 39.9. The Balaban J connectivity index is 1.54. The Morgan fingerprint density at radius 2 is 1.90 bits per heavy atom. The molecule has 2 heterocycles. The van der Waals surface area contributed by atoms with Gasteiger partial charge in [0.25, 0.3) is 5.91 Å². The molecule has 0 unspecified atom stereocenters. The monoisotopic (exact) mass is 466 g/mol. The Hall–Kier alpha value is -2.69. The van der Waals surface area contributed by atoms with Gasteiger partial charge in [-0.25, -0.2) is 0 Å². The molecule has 152 valence electrons. The molecule has 1 amide bonds. The van der Waals surface area contributed by atoms with Crippen molar-refractivity contribution in [2.24, 2.45) is 0 Å². The van der Waals surface area contributed by atoms with Crippen LogP contribution < -0.4 is 5.32 Å². The second kappa shape index (κ2) is 8.21. The van der Waals surface area contributed by atoms with Gasteiger partial charge in [0, 0.05) is 21.5 Å². The van der Waals surface area contributed by atoms with Crippen molar-refractivity contribution in [3.8, 4) is 0 Å². The third-order valence-electron chi connectivity index (χ3n) is 3.97. The van der Waals surface area contributed by atoms with Crippen LogP contribution in [0, 0.1) is 0 Å². The quantitative estimate of drug-likeness (QED) is 0.365. The van der Waals surface area contributed by atoms with Crippen LogP contribution in [0.2, 0.25) is 5.02 Å². The van der Waals surface area contributed by atoms with Crippen LogP contribution in [-0.2, 0) is 6.18 Å². The summed E-state index contributed by atoms with van der Waals surface area (Å²) in [6.07, 6.45) is -3.00. The zero-order valence-corrected chi connectivity index (χ0v) is 17.2. The molecule has 0 spiro atoms. The van der Waals surface area contributed by atoms with Crippen molar-refractivity contribution in [3.63, 3.8) is 0 Å². The Labute approximate surface area is 181 Å². The number of hydrogen-bond donors (Lipinski definition) is 1. The summed E-state index contributed by atoms with van der Waals surface area (Å²) in [4.78, 5) is 17.5. The molecule has 11 heteroatoms. The highest BCUT2D eigenvalue weighted by molar-refractivity contribution is 8.01. The number of nitrogens with zero attached hydrogens (tertiary/aromatic N) is 3. The predicted octanol–water partition coefficient (Wildman–Crippen LogP) is 6.16. The van der Waals surface area contributed by atoms with E-state index in [1.165, 1.54) is 23.9 Å². The maximum atomic E-state index is 13.1. The van der Waals surface area contributed by atoms with E-state index in [0.29, 0.717) is 14.9 Å². The van der Waals surface area contributed by atoms with E-state index < -0.39 is 23.2 Å². The average molecular weight is 467 g/mol. The Bertz CT molecular complexity index is 1250.